The molecule has 6 heteroatoms. The second kappa shape index (κ2) is 7.05. The fourth-order valence-corrected chi connectivity index (χ4v) is 3.17. The Bertz CT molecular complexity index is 792. The van der Waals surface area contributed by atoms with Gasteiger partial charge in [-0.15, -0.1) is 0 Å². The SMILES string of the molecule is CC(C)CN[C@H](c1ccc2c(c1)OCO2)[C@@H](O)c1ccc2c(c1)OCO2. The van der Waals surface area contributed by atoms with Crippen molar-refractivity contribution in [2.75, 3.05) is 20.1 Å². The van der Waals surface area contributed by atoms with E-state index in [0.29, 0.717) is 23.2 Å². The fraction of sp³-hybridized carbons (Fsp3) is 0.400. The highest BCUT2D eigenvalue weighted by atomic mass is 16.7. The maximum atomic E-state index is 11.1. The molecule has 26 heavy (non-hydrogen) atoms. The molecule has 2 N–H and O–H groups in total. The van der Waals surface area contributed by atoms with Crippen LogP contribution in [-0.2, 0) is 0 Å². The minimum atomic E-state index is -0.747. The van der Waals surface area contributed by atoms with Gasteiger partial charge in [0, 0.05) is 0 Å². The smallest absolute Gasteiger partial charge is 0.231 e. The van der Waals surface area contributed by atoms with E-state index in [0.717, 1.165) is 23.4 Å². The van der Waals surface area contributed by atoms with Crippen molar-refractivity contribution in [2.45, 2.75) is 26.0 Å². The highest BCUT2D eigenvalue weighted by Crippen LogP contribution is 2.40. The number of ether oxygens (including phenoxy) is 4. The lowest BCUT2D eigenvalue weighted by Gasteiger charge is -2.26. The average molecular weight is 357 g/mol. The molecule has 2 aliphatic rings. The number of hydrogen-bond donors (Lipinski definition) is 2. The third-order valence-corrected chi connectivity index (χ3v) is 4.56. The zero-order chi connectivity index (χ0) is 18.1. The summed E-state index contributed by atoms with van der Waals surface area (Å²) in [5.41, 5.74) is 1.72. The number of benzene rings is 2. The molecule has 2 aromatic rings. The fourth-order valence-electron chi connectivity index (χ4n) is 3.17. The maximum Gasteiger partial charge on any atom is 0.231 e. The van der Waals surface area contributed by atoms with Gasteiger partial charge in [-0.1, -0.05) is 26.0 Å². The van der Waals surface area contributed by atoms with Gasteiger partial charge in [-0.2, -0.15) is 0 Å². The van der Waals surface area contributed by atoms with E-state index in [9.17, 15) is 5.11 Å². The molecule has 0 aromatic heterocycles. The lowest BCUT2D eigenvalue weighted by Crippen LogP contribution is -2.30. The molecule has 2 atom stereocenters. The summed E-state index contributed by atoms with van der Waals surface area (Å²) in [6, 6.07) is 11.0. The largest absolute Gasteiger partial charge is 0.454 e. The molecule has 2 aromatic carbocycles. The molecule has 0 radical (unpaired) electrons. The van der Waals surface area contributed by atoms with Gasteiger partial charge in [-0.05, 0) is 47.9 Å². The van der Waals surface area contributed by atoms with Crippen LogP contribution in [0.15, 0.2) is 36.4 Å². The van der Waals surface area contributed by atoms with Crippen LogP contribution in [0.3, 0.4) is 0 Å². The third-order valence-electron chi connectivity index (χ3n) is 4.56. The van der Waals surface area contributed by atoms with Gasteiger partial charge in [0.05, 0.1) is 12.1 Å². The normalized spacial score (nSPS) is 16.8. The molecule has 2 heterocycles. The molecular formula is C20H23NO5. The Balaban J connectivity index is 1.64. The third kappa shape index (κ3) is 3.30. The van der Waals surface area contributed by atoms with Gasteiger partial charge < -0.3 is 29.4 Å². The summed E-state index contributed by atoms with van der Waals surface area (Å²) < 4.78 is 21.7. The summed E-state index contributed by atoms with van der Waals surface area (Å²) in [6.45, 7) is 5.49. The Morgan fingerprint density at radius 2 is 1.38 bits per heavy atom. The highest BCUT2D eigenvalue weighted by molar-refractivity contribution is 5.48. The molecular weight excluding hydrogens is 334 g/mol. The van der Waals surface area contributed by atoms with Gasteiger partial charge >= 0.3 is 0 Å². The summed E-state index contributed by atoms with van der Waals surface area (Å²) in [5.74, 6) is 3.26. The van der Waals surface area contributed by atoms with Crippen LogP contribution in [0.4, 0.5) is 0 Å². The lowest BCUT2D eigenvalue weighted by atomic mass is 9.94. The van der Waals surface area contributed by atoms with Crippen LogP contribution in [0, 0.1) is 5.92 Å². The van der Waals surface area contributed by atoms with E-state index in [2.05, 4.69) is 19.2 Å². The number of aliphatic hydroxyl groups is 1. The Labute approximate surface area is 152 Å². The molecule has 0 spiro atoms. The molecule has 138 valence electrons. The highest BCUT2D eigenvalue weighted by Gasteiger charge is 2.26. The van der Waals surface area contributed by atoms with Gasteiger partial charge in [0.1, 0.15) is 0 Å². The molecule has 0 unspecified atom stereocenters. The Morgan fingerprint density at radius 3 is 2.00 bits per heavy atom. The number of aliphatic hydroxyl groups excluding tert-OH is 1. The van der Waals surface area contributed by atoms with Crippen LogP contribution in [0.2, 0.25) is 0 Å². The van der Waals surface area contributed by atoms with Gasteiger partial charge in [0.2, 0.25) is 13.6 Å². The van der Waals surface area contributed by atoms with Crippen LogP contribution in [0.1, 0.15) is 37.1 Å². The zero-order valence-corrected chi connectivity index (χ0v) is 14.9. The summed E-state index contributed by atoms with van der Waals surface area (Å²) >= 11 is 0. The minimum Gasteiger partial charge on any atom is -0.454 e. The van der Waals surface area contributed by atoms with Crippen molar-refractivity contribution in [3.8, 4) is 23.0 Å². The van der Waals surface area contributed by atoms with E-state index < -0.39 is 6.10 Å². The molecule has 6 nitrogen and oxygen atoms in total. The molecule has 2 aliphatic heterocycles. The summed E-state index contributed by atoms with van der Waals surface area (Å²) in [5, 5.41) is 14.6. The first kappa shape index (κ1) is 17.0. The van der Waals surface area contributed by atoms with Crippen LogP contribution in [0.25, 0.3) is 0 Å². The maximum absolute atomic E-state index is 11.1. The Morgan fingerprint density at radius 1 is 0.846 bits per heavy atom. The van der Waals surface area contributed by atoms with Crippen LogP contribution < -0.4 is 24.3 Å². The first-order valence-electron chi connectivity index (χ1n) is 8.82. The molecule has 4 rings (SSSR count). The van der Waals surface area contributed by atoms with E-state index in [1.54, 1.807) is 0 Å². The number of hydrogen-bond acceptors (Lipinski definition) is 6. The number of nitrogens with one attached hydrogen (secondary N) is 1. The predicted octanol–water partition coefficient (Wildman–Crippen LogP) is 3.16. The quantitative estimate of drug-likeness (QED) is 0.828. The van der Waals surface area contributed by atoms with E-state index in [4.69, 9.17) is 18.9 Å². The van der Waals surface area contributed by atoms with Crippen molar-refractivity contribution >= 4 is 0 Å². The monoisotopic (exact) mass is 357 g/mol. The predicted molar refractivity (Wildman–Crippen MR) is 95.7 cm³/mol. The second-order valence-electron chi connectivity index (χ2n) is 6.95. The molecule has 0 bridgehead atoms. The van der Waals surface area contributed by atoms with Crippen molar-refractivity contribution in [3.05, 3.63) is 47.5 Å². The number of fused-ring (bicyclic) bond motifs is 2. The summed E-state index contributed by atoms with van der Waals surface area (Å²) in [6.07, 6.45) is -0.747. The van der Waals surface area contributed by atoms with Crippen molar-refractivity contribution in [1.82, 2.24) is 5.32 Å². The molecule has 0 fully saturated rings. The van der Waals surface area contributed by atoms with E-state index in [1.807, 2.05) is 36.4 Å². The lowest BCUT2D eigenvalue weighted by molar-refractivity contribution is 0.126. The first-order valence-corrected chi connectivity index (χ1v) is 8.82. The Hall–Kier alpha value is -2.44. The van der Waals surface area contributed by atoms with Crippen LogP contribution in [-0.4, -0.2) is 25.2 Å². The average Bonchev–Trinajstić information content (AvgIpc) is 3.29. The van der Waals surface area contributed by atoms with Crippen molar-refractivity contribution in [3.63, 3.8) is 0 Å². The standard InChI is InChI=1S/C20H23NO5/c1-12(2)9-21-19(13-3-5-15-17(7-13)25-10-23-15)20(22)14-4-6-16-18(8-14)26-11-24-16/h3-8,12,19-22H,9-11H2,1-2H3/t19-,20+/m1/s1. The van der Waals surface area contributed by atoms with E-state index in [-0.39, 0.29) is 19.6 Å². The zero-order valence-electron chi connectivity index (χ0n) is 14.9. The molecule has 0 aliphatic carbocycles. The molecule has 0 amide bonds. The molecule has 0 saturated heterocycles. The second-order valence-corrected chi connectivity index (χ2v) is 6.95. The number of rotatable bonds is 6. The van der Waals surface area contributed by atoms with Crippen LogP contribution in [0.5, 0.6) is 23.0 Å². The van der Waals surface area contributed by atoms with Crippen molar-refractivity contribution in [2.24, 2.45) is 5.92 Å². The van der Waals surface area contributed by atoms with Crippen molar-refractivity contribution in [1.29, 1.82) is 0 Å². The summed E-state index contributed by atoms with van der Waals surface area (Å²) in [4.78, 5) is 0. The van der Waals surface area contributed by atoms with Gasteiger partial charge in [0.25, 0.3) is 0 Å². The molecule has 0 saturated carbocycles. The van der Waals surface area contributed by atoms with E-state index >= 15 is 0 Å². The van der Waals surface area contributed by atoms with E-state index in [1.165, 1.54) is 0 Å². The van der Waals surface area contributed by atoms with Gasteiger partial charge in [-0.3, -0.25) is 0 Å². The Kier molecular flexibility index (Phi) is 4.61. The van der Waals surface area contributed by atoms with Crippen LogP contribution >= 0.6 is 0 Å². The van der Waals surface area contributed by atoms with Gasteiger partial charge in [-0.25, -0.2) is 0 Å². The van der Waals surface area contributed by atoms with Crippen molar-refractivity contribution < 1.29 is 24.1 Å². The van der Waals surface area contributed by atoms with Gasteiger partial charge in [0.15, 0.2) is 23.0 Å². The topological polar surface area (TPSA) is 69.2 Å². The first-order chi connectivity index (χ1) is 12.6. The minimum absolute atomic E-state index is 0.214. The summed E-state index contributed by atoms with van der Waals surface area (Å²) in [7, 11) is 0.